The van der Waals surface area contributed by atoms with Crippen LogP contribution in [-0.2, 0) is 0 Å². The van der Waals surface area contributed by atoms with Crippen molar-refractivity contribution in [2.24, 2.45) is 0 Å². The van der Waals surface area contributed by atoms with Crippen LogP contribution in [0.25, 0.3) is 0 Å². The van der Waals surface area contributed by atoms with Crippen molar-refractivity contribution in [3.05, 3.63) is 11.5 Å². The van der Waals surface area contributed by atoms with Crippen molar-refractivity contribution < 1.29 is 0 Å². The minimum absolute atomic E-state index is 0.440. The highest BCUT2D eigenvalue weighted by molar-refractivity contribution is 8.79. The molecule has 0 N–H and O–H groups in total. The Labute approximate surface area is 50.6 Å². The summed E-state index contributed by atoms with van der Waals surface area (Å²) in [6, 6.07) is 0. The Bertz CT molecular complexity index is 68.4. The largest absolute Gasteiger partial charge is 0.160 e. The zero-order valence-electron chi connectivity index (χ0n) is 3.00. The van der Waals surface area contributed by atoms with Gasteiger partial charge in [0.25, 0.3) is 0 Å². The summed E-state index contributed by atoms with van der Waals surface area (Å²) in [6.07, 6.45) is 2.07. The Morgan fingerprint density at radius 3 is 2.67 bits per heavy atom. The Kier molecular flexibility index (Phi) is 1.80. The molecule has 0 radical (unpaired) electrons. The SMILES string of the molecule is SC1C=CSS1. The van der Waals surface area contributed by atoms with Gasteiger partial charge in [-0.15, -0.1) is 0 Å². The summed E-state index contributed by atoms with van der Waals surface area (Å²) in [5.41, 5.74) is 0. The summed E-state index contributed by atoms with van der Waals surface area (Å²) in [7, 11) is 3.51. The number of thiol groups is 1. The molecule has 0 fully saturated rings. The van der Waals surface area contributed by atoms with Crippen molar-refractivity contribution >= 4 is 34.2 Å². The second-order valence-corrected chi connectivity index (χ2v) is 4.14. The molecule has 0 bridgehead atoms. The maximum atomic E-state index is 4.15. The van der Waals surface area contributed by atoms with Gasteiger partial charge in [-0.05, 0) is 5.41 Å². The maximum absolute atomic E-state index is 4.15. The predicted molar refractivity (Wildman–Crippen MR) is 37.1 cm³/mol. The Morgan fingerprint density at radius 1 is 1.67 bits per heavy atom. The van der Waals surface area contributed by atoms with Gasteiger partial charge in [-0.3, -0.25) is 0 Å². The topological polar surface area (TPSA) is 0 Å². The van der Waals surface area contributed by atoms with E-state index in [1.54, 1.807) is 21.6 Å². The van der Waals surface area contributed by atoms with Crippen LogP contribution in [0.5, 0.6) is 0 Å². The van der Waals surface area contributed by atoms with Crippen LogP contribution in [-0.4, -0.2) is 4.58 Å². The van der Waals surface area contributed by atoms with E-state index in [1.165, 1.54) is 0 Å². The first-order valence-electron chi connectivity index (χ1n) is 1.56. The molecule has 1 aliphatic rings. The van der Waals surface area contributed by atoms with Gasteiger partial charge < -0.3 is 0 Å². The molecule has 0 aromatic carbocycles. The minimum atomic E-state index is 0.440. The fourth-order valence-corrected chi connectivity index (χ4v) is 2.43. The highest BCUT2D eigenvalue weighted by Crippen LogP contribution is 2.36. The van der Waals surface area contributed by atoms with Crippen LogP contribution in [0.3, 0.4) is 0 Å². The van der Waals surface area contributed by atoms with Crippen LogP contribution in [0.4, 0.5) is 0 Å². The monoisotopic (exact) mass is 136 g/mol. The van der Waals surface area contributed by atoms with Crippen molar-refractivity contribution in [3.63, 3.8) is 0 Å². The lowest BCUT2D eigenvalue weighted by Gasteiger charge is -1.87. The molecule has 1 aliphatic heterocycles. The first-order chi connectivity index (χ1) is 2.89. The van der Waals surface area contributed by atoms with E-state index in [-0.39, 0.29) is 0 Å². The molecule has 6 heavy (non-hydrogen) atoms. The van der Waals surface area contributed by atoms with Crippen LogP contribution >= 0.6 is 34.2 Å². The normalized spacial score (nSPS) is 31.8. The summed E-state index contributed by atoms with van der Waals surface area (Å²) >= 11 is 4.15. The van der Waals surface area contributed by atoms with Gasteiger partial charge in [0.05, 0.1) is 4.58 Å². The molecule has 3 heteroatoms. The fourth-order valence-electron chi connectivity index (χ4n) is 0.220. The molecule has 0 nitrogen and oxygen atoms in total. The smallest absolute Gasteiger partial charge is 0.0767 e. The van der Waals surface area contributed by atoms with Crippen LogP contribution in [0.2, 0.25) is 0 Å². The van der Waals surface area contributed by atoms with Gasteiger partial charge in [-0.25, -0.2) is 0 Å². The van der Waals surface area contributed by atoms with Gasteiger partial charge in [0.2, 0.25) is 0 Å². The zero-order chi connectivity index (χ0) is 4.41. The summed E-state index contributed by atoms with van der Waals surface area (Å²) in [4.78, 5) is 0. The molecule has 0 aliphatic carbocycles. The average Bonchev–Trinajstić information content (AvgIpc) is 1.86. The molecule has 0 spiro atoms. The number of hydrogen-bond donors (Lipinski definition) is 1. The Balaban J connectivity index is 2.38. The molecule has 1 atom stereocenters. The van der Waals surface area contributed by atoms with Gasteiger partial charge in [0.15, 0.2) is 0 Å². The third-order valence-electron chi connectivity index (χ3n) is 0.453. The van der Waals surface area contributed by atoms with E-state index in [1.807, 2.05) is 0 Å². The number of hydrogen-bond acceptors (Lipinski definition) is 3. The third-order valence-corrected chi connectivity index (χ3v) is 3.39. The lowest BCUT2D eigenvalue weighted by Crippen LogP contribution is -1.71. The molecule has 0 saturated heterocycles. The lowest BCUT2D eigenvalue weighted by atomic mass is 10.7. The van der Waals surface area contributed by atoms with Crippen LogP contribution in [0, 0.1) is 0 Å². The van der Waals surface area contributed by atoms with E-state index in [4.69, 9.17) is 0 Å². The summed E-state index contributed by atoms with van der Waals surface area (Å²) in [6.45, 7) is 0. The number of rotatable bonds is 0. The molecule has 1 unspecified atom stereocenters. The van der Waals surface area contributed by atoms with Crippen molar-refractivity contribution in [1.29, 1.82) is 0 Å². The molecule has 1 heterocycles. The van der Waals surface area contributed by atoms with Crippen LogP contribution < -0.4 is 0 Å². The highest BCUT2D eigenvalue weighted by atomic mass is 33.1. The zero-order valence-corrected chi connectivity index (χ0v) is 5.52. The van der Waals surface area contributed by atoms with E-state index in [2.05, 4.69) is 24.1 Å². The third kappa shape index (κ3) is 1.13. The van der Waals surface area contributed by atoms with E-state index in [0.29, 0.717) is 4.58 Å². The van der Waals surface area contributed by atoms with Crippen molar-refractivity contribution in [2.75, 3.05) is 0 Å². The molecule has 0 aromatic rings. The first-order valence-corrected chi connectivity index (χ1v) is 4.36. The van der Waals surface area contributed by atoms with Crippen LogP contribution in [0.15, 0.2) is 11.5 Å². The molecular formula is C3H4S3. The van der Waals surface area contributed by atoms with E-state index in [9.17, 15) is 0 Å². The average molecular weight is 136 g/mol. The predicted octanol–water partition coefficient (Wildman–Crippen LogP) is 2.15. The molecule has 0 saturated carbocycles. The van der Waals surface area contributed by atoms with Crippen molar-refractivity contribution in [2.45, 2.75) is 4.58 Å². The molecule has 0 aromatic heterocycles. The van der Waals surface area contributed by atoms with E-state index in [0.717, 1.165) is 0 Å². The van der Waals surface area contributed by atoms with Gasteiger partial charge in [-0.2, -0.15) is 12.6 Å². The van der Waals surface area contributed by atoms with Gasteiger partial charge in [0, 0.05) is 0 Å². The quantitative estimate of drug-likeness (QED) is 0.400. The fraction of sp³-hybridized carbons (Fsp3) is 0.333. The van der Waals surface area contributed by atoms with Gasteiger partial charge in [-0.1, -0.05) is 27.7 Å². The lowest BCUT2D eigenvalue weighted by molar-refractivity contribution is 1.73. The van der Waals surface area contributed by atoms with Crippen LogP contribution in [0.1, 0.15) is 0 Å². The summed E-state index contributed by atoms with van der Waals surface area (Å²) in [5.74, 6) is 0. The van der Waals surface area contributed by atoms with Crippen molar-refractivity contribution in [3.8, 4) is 0 Å². The second-order valence-electron chi connectivity index (χ2n) is 0.912. The Hall–Kier alpha value is 0.790. The summed E-state index contributed by atoms with van der Waals surface area (Å²) < 4.78 is 0.440. The van der Waals surface area contributed by atoms with Crippen molar-refractivity contribution in [1.82, 2.24) is 0 Å². The van der Waals surface area contributed by atoms with Gasteiger partial charge >= 0.3 is 0 Å². The maximum Gasteiger partial charge on any atom is 0.0767 e. The molecule has 0 amide bonds. The highest BCUT2D eigenvalue weighted by Gasteiger charge is 2.01. The minimum Gasteiger partial charge on any atom is -0.160 e. The molecular weight excluding hydrogens is 132 g/mol. The van der Waals surface area contributed by atoms with E-state index < -0.39 is 0 Å². The molecule has 34 valence electrons. The first kappa shape index (κ1) is 4.94. The second kappa shape index (κ2) is 2.19. The standard InChI is InChI=1S/C3H4S3/c4-3-1-2-5-6-3/h1-4H. The Morgan fingerprint density at radius 2 is 2.50 bits per heavy atom. The van der Waals surface area contributed by atoms with Gasteiger partial charge in [0.1, 0.15) is 0 Å². The summed E-state index contributed by atoms with van der Waals surface area (Å²) in [5, 5.41) is 2.06. The van der Waals surface area contributed by atoms with E-state index >= 15 is 0 Å². The molecule has 1 rings (SSSR count).